The zero-order chi connectivity index (χ0) is 25.7. The van der Waals surface area contributed by atoms with Crippen molar-refractivity contribution in [3.63, 3.8) is 0 Å². The number of rotatable bonds is 15. The molecule has 34 heavy (non-hydrogen) atoms. The Morgan fingerprint density at radius 3 is 2.41 bits per heavy atom. The number of guanidine groups is 1. The quantitative estimate of drug-likeness (QED) is 0.0751. The van der Waals surface area contributed by atoms with Crippen LogP contribution < -0.4 is 33.2 Å². The Morgan fingerprint density at radius 2 is 1.85 bits per heavy atom. The summed E-state index contributed by atoms with van der Waals surface area (Å²) in [5, 5.41) is 16.8. The van der Waals surface area contributed by atoms with Crippen LogP contribution in [0.15, 0.2) is 17.5 Å². The SMILES string of the molecule is CC(C)CC(NC(=O)C(CCCN=C(N)N)NC(=O)CNC(=O)C(N)Cc1cnc[nH]1)C(=O)O. The van der Waals surface area contributed by atoms with Gasteiger partial charge < -0.3 is 43.2 Å². The minimum Gasteiger partial charge on any atom is -0.480 e. The first-order valence-electron chi connectivity index (χ1n) is 10.9. The molecule has 1 heterocycles. The van der Waals surface area contributed by atoms with Gasteiger partial charge in [0, 0.05) is 24.9 Å². The van der Waals surface area contributed by atoms with Crippen molar-refractivity contribution >= 4 is 29.7 Å². The summed E-state index contributed by atoms with van der Waals surface area (Å²) in [7, 11) is 0. The maximum absolute atomic E-state index is 12.7. The number of imidazole rings is 1. The summed E-state index contributed by atoms with van der Waals surface area (Å²) in [5.41, 5.74) is 17.1. The number of nitrogens with one attached hydrogen (secondary N) is 4. The molecule has 0 saturated heterocycles. The smallest absolute Gasteiger partial charge is 0.326 e. The summed E-state index contributed by atoms with van der Waals surface area (Å²) in [6.07, 6.45) is 3.92. The molecule has 1 aromatic rings. The maximum atomic E-state index is 12.7. The Kier molecular flexibility index (Phi) is 12.1. The lowest BCUT2D eigenvalue weighted by Crippen LogP contribution is -2.54. The number of aliphatic carboxylic acids is 1. The van der Waals surface area contributed by atoms with Crippen LogP contribution in [0.2, 0.25) is 0 Å². The van der Waals surface area contributed by atoms with E-state index in [1.165, 1.54) is 12.5 Å². The Morgan fingerprint density at radius 1 is 1.15 bits per heavy atom. The highest BCUT2D eigenvalue weighted by molar-refractivity contribution is 5.92. The van der Waals surface area contributed by atoms with Gasteiger partial charge in [-0.3, -0.25) is 19.4 Å². The second kappa shape index (κ2) is 14.5. The number of amides is 3. The van der Waals surface area contributed by atoms with Gasteiger partial charge in [-0.15, -0.1) is 0 Å². The first-order chi connectivity index (χ1) is 16.0. The fraction of sp³-hybridized carbons (Fsp3) is 0.600. The molecule has 1 rings (SSSR count). The molecule has 11 N–H and O–H groups in total. The van der Waals surface area contributed by atoms with E-state index < -0.39 is 48.4 Å². The van der Waals surface area contributed by atoms with E-state index in [2.05, 4.69) is 30.9 Å². The van der Waals surface area contributed by atoms with Gasteiger partial charge in [0.1, 0.15) is 12.1 Å². The highest BCUT2D eigenvalue weighted by Gasteiger charge is 2.27. The third-order valence-corrected chi connectivity index (χ3v) is 4.67. The van der Waals surface area contributed by atoms with Crippen molar-refractivity contribution in [2.24, 2.45) is 28.1 Å². The number of carbonyl (C=O) groups excluding carboxylic acids is 3. The van der Waals surface area contributed by atoms with E-state index in [1.54, 1.807) is 0 Å². The fourth-order valence-corrected chi connectivity index (χ4v) is 3.01. The van der Waals surface area contributed by atoms with Gasteiger partial charge in [0.25, 0.3) is 0 Å². The molecule has 0 fully saturated rings. The molecule has 14 nitrogen and oxygen atoms in total. The van der Waals surface area contributed by atoms with E-state index in [4.69, 9.17) is 17.2 Å². The topological polar surface area (TPSA) is 244 Å². The minimum absolute atomic E-state index is 0.0255. The number of hydrogen-bond donors (Lipinski definition) is 8. The van der Waals surface area contributed by atoms with Crippen molar-refractivity contribution < 1.29 is 24.3 Å². The van der Waals surface area contributed by atoms with Gasteiger partial charge >= 0.3 is 5.97 Å². The van der Waals surface area contributed by atoms with E-state index in [0.717, 1.165) is 0 Å². The van der Waals surface area contributed by atoms with Gasteiger partial charge in [-0.1, -0.05) is 13.8 Å². The molecule has 0 aliphatic heterocycles. The minimum atomic E-state index is -1.17. The molecule has 3 amide bonds. The molecule has 1 aromatic heterocycles. The third kappa shape index (κ3) is 11.3. The van der Waals surface area contributed by atoms with Crippen LogP contribution in [-0.4, -0.2) is 75.9 Å². The number of aliphatic imine (C=N–C) groups is 1. The molecule has 3 atom stereocenters. The second-order valence-corrected chi connectivity index (χ2v) is 8.20. The predicted octanol–water partition coefficient (Wildman–Crippen LogP) is -2.45. The van der Waals surface area contributed by atoms with Crippen LogP contribution in [0.3, 0.4) is 0 Å². The standard InChI is InChI=1S/C20H35N9O5/c1-11(2)6-15(19(33)34)29-18(32)14(4-3-5-25-20(22)23)28-16(30)9-26-17(31)13(21)7-12-8-24-10-27-12/h8,10-11,13-15H,3-7,9,21H2,1-2H3,(H,24,27)(H,26,31)(H,28,30)(H,29,32)(H,33,34)(H4,22,23,25). The largest absolute Gasteiger partial charge is 0.480 e. The molecule has 0 aliphatic rings. The summed E-state index contributed by atoms with van der Waals surface area (Å²) >= 11 is 0. The normalized spacial score (nSPS) is 13.4. The average molecular weight is 482 g/mol. The van der Waals surface area contributed by atoms with Gasteiger partial charge in [-0.05, 0) is 25.2 Å². The first-order valence-corrected chi connectivity index (χ1v) is 10.9. The van der Waals surface area contributed by atoms with Gasteiger partial charge in [0.15, 0.2) is 5.96 Å². The molecule has 0 aliphatic carbocycles. The van der Waals surface area contributed by atoms with Gasteiger partial charge in [0.05, 0.1) is 18.9 Å². The Labute approximate surface area is 197 Å². The highest BCUT2D eigenvalue weighted by atomic mass is 16.4. The van der Waals surface area contributed by atoms with E-state index >= 15 is 0 Å². The van der Waals surface area contributed by atoms with Gasteiger partial charge in [0.2, 0.25) is 17.7 Å². The molecule has 0 bridgehead atoms. The van der Waals surface area contributed by atoms with Crippen LogP contribution >= 0.6 is 0 Å². The average Bonchev–Trinajstić information content (AvgIpc) is 3.25. The molecule has 0 aromatic carbocycles. The van der Waals surface area contributed by atoms with Crippen molar-refractivity contribution in [3.05, 3.63) is 18.2 Å². The van der Waals surface area contributed by atoms with Crippen LogP contribution in [0.4, 0.5) is 0 Å². The highest BCUT2D eigenvalue weighted by Crippen LogP contribution is 2.07. The van der Waals surface area contributed by atoms with Crippen molar-refractivity contribution in [3.8, 4) is 0 Å². The lowest BCUT2D eigenvalue weighted by molar-refractivity contribution is -0.142. The summed E-state index contributed by atoms with van der Waals surface area (Å²) in [5.74, 6) is -3.11. The number of H-pyrrole nitrogens is 1. The molecule has 14 heteroatoms. The van der Waals surface area contributed by atoms with E-state index in [0.29, 0.717) is 12.1 Å². The molecule has 0 radical (unpaired) electrons. The van der Waals surface area contributed by atoms with E-state index in [-0.39, 0.29) is 37.7 Å². The molecule has 190 valence electrons. The van der Waals surface area contributed by atoms with Crippen molar-refractivity contribution in [2.75, 3.05) is 13.1 Å². The third-order valence-electron chi connectivity index (χ3n) is 4.67. The molecule has 0 spiro atoms. The van der Waals surface area contributed by atoms with Crippen LogP contribution in [0.1, 0.15) is 38.8 Å². The summed E-state index contributed by atoms with van der Waals surface area (Å²) in [6.45, 7) is 3.46. The lowest BCUT2D eigenvalue weighted by atomic mass is 10.0. The van der Waals surface area contributed by atoms with Crippen molar-refractivity contribution in [1.29, 1.82) is 0 Å². The summed E-state index contributed by atoms with van der Waals surface area (Å²) in [6, 6.07) is -3.06. The molecule has 3 unspecified atom stereocenters. The van der Waals surface area contributed by atoms with Crippen molar-refractivity contribution in [2.45, 2.75) is 57.7 Å². The molecule has 0 saturated carbocycles. The zero-order valence-corrected chi connectivity index (χ0v) is 19.4. The zero-order valence-electron chi connectivity index (χ0n) is 19.4. The van der Waals surface area contributed by atoms with Gasteiger partial charge in [-0.2, -0.15) is 0 Å². The first kappa shape index (κ1) is 28.4. The monoisotopic (exact) mass is 481 g/mol. The van der Waals surface area contributed by atoms with E-state index in [1.807, 2.05) is 13.8 Å². The molecular formula is C20H35N9O5. The number of carboxylic acids is 1. The predicted molar refractivity (Wildman–Crippen MR) is 124 cm³/mol. The summed E-state index contributed by atoms with van der Waals surface area (Å²) < 4.78 is 0. The number of nitrogens with two attached hydrogens (primary N) is 3. The Balaban J connectivity index is 2.70. The number of aromatic amines is 1. The maximum Gasteiger partial charge on any atom is 0.326 e. The second-order valence-electron chi connectivity index (χ2n) is 8.20. The Bertz CT molecular complexity index is 837. The number of carbonyl (C=O) groups is 4. The van der Waals surface area contributed by atoms with Gasteiger partial charge in [-0.25, -0.2) is 9.78 Å². The summed E-state index contributed by atoms with van der Waals surface area (Å²) in [4.78, 5) is 59.3. The van der Waals surface area contributed by atoms with Crippen LogP contribution in [-0.2, 0) is 25.6 Å². The number of hydrogen-bond acceptors (Lipinski definition) is 7. The Hall–Kier alpha value is -3.68. The number of nitrogens with zero attached hydrogens (tertiary/aromatic N) is 2. The lowest BCUT2D eigenvalue weighted by Gasteiger charge is -2.22. The van der Waals surface area contributed by atoms with Crippen LogP contribution in [0, 0.1) is 5.92 Å². The number of carboxylic acid groups (broad SMARTS) is 1. The van der Waals surface area contributed by atoms with Crippen LogP contribution in [0.25, 0.3) is 0 Å². The molecular weight excluding hydrogens is 446 g/mol. The fourth-order valence-electron chi connectivity index (χ4n) is 3.01. The number of aromatic nitrogens is 2. The van der Waals surface area contributed by atoms with Crippen molar-refractivity contribution in [1.82, 2.24) is 25.9 Å². The van der Waals surface area contributed by atoms with Crippen LogP contribution in [0.5, 0.6) is 0 Å². The van der Waals surface area contributed by atoms with E-state index in [9.17, 15) is 24.3 Å².